The summed E-state index contributed by atoms with van der Waals surface area (Å²) in [5, 5.41) is 0. The Labute approximate surface area is 134 Å². The molecule has 0 saturated carbocycles. The first-order chi connectivity index (χ1) is 9.48. The minimum Gasteiger partial charge on any atom is -0.493 e. The van der Waals surface area contributed by atoms with Gasteiger partial charge in [-0.15, -0.1) is 23.2 Å². The van der Waals surface area contributed by atoms with Crippen LogP contribution in [0.15, 0.2) is 12.1 Å². The van der Waals surface area contributed by atoms with E-state index in [2.05, 4.69) is 15.9 Å². The summed E-state index contributed by atoms with van der Waals surface area (Å²) in [6.07, 6.45) is 1.07. The van der Waals surface area contributed by atoms with Crippen molar-refractivity contribution in [2.75, 3.05) is 18.4 Å². The van der Waals surface area contributed by atoms with Crippen LogP contribution < -0.4 is 4.74 Å². The van der Waals surface area contributed by atoms with Gasteiger partial charge in [0.2, 0.25) is 0 Å². The number of alkyl halides is 3. The van der Waals surface area contributed by atoms with Gasteiger partial charge in [-0.1, -0.05) is 15.9 Å². The molecule has 0 fully saturated rings. The van der Waals surface area contributed by atoms with E-state index in [0.29, 0.717) is 18.6 Å². The van der Waals surface area contributed by atoms with E-state index in [9.17, 15) is 13.6 Å². The third-order valence-corrected chi connectivity index (χ3v) is 4.06. The van der Waals surface area contributed by atoms with Gasteiger partial charge in [-0.2, -0.15) is 0 Å². The van der Waals surface area contributed by atoms with Crippen molar-refractivity contribution in [1.82, 2.24) is 0 Å². The highest BCUT2D eigenvalue weighted by Crippen LogP contribution is 2.38. The fourth-order valence-corrected chi connectivity index (χ4v) is 2.87. The number of halogens is 5. The molecule has 1 unspecified atom stereocenters. The molecule has 0 N–H and O–H groups in total. The SMILES string of the molecule is O=CC(Br)(CCCl)c1c(F)cc(OCCCCl)cc1F. The highest BCUT2D eigenvalue weighted by molar-refractivity contribution is 9.10. The van der Waals surface area contributed by atoms with E-state index < -0.39 is 16.0 Å². The molecule has 1 atom stereocenters. The summed E-state index contributed by atoms with van der Waals surface area (Å²) >= 11 is 14.1. The van der Waals surface area contributed by atoms with Gasteiger partial charge in [0, 0.05) is 29.5 Å². The highest BCUT2D eigenvalue weighted by Gasteiger charge is 2.34. The topological polar surface area (TPSA) is 26.3 Å². The summed E-state index contributed by atoms with van der Waals surface area (Å²) in [4.78, 5) is 11.1. The Morgan fingerprint density at radius 1 is 1.25 bits per heavy atom. The van der Waals surface area contributed by atoms with E-state index in [-0.39, 0.29) is 30.2 Å². The summed E-state index contributed by atoms with van der Waals surface area (Å²) in [5.41, 5.74) is -0.363. The molecule has 0 aliphatic rings. The van der Waals surface area contributed by atoms with Crippen molar-refractivity contribution in [3.63, 3.8) is 0 Å². The standard InChI is InChI=1S/C13H13BrCl2F2O2/c14-13(8-19,2-4-16)12-10(17)6-9(7-11(12)18)20-5-1-3-15/h6-8H,1-5H2. The molecule has 0 radical (unpaired) electrons. The first kappa shape index (κ1) is 17.7. The van der Waals surface area contributed by atoms with Crippen LogP contribution in [0.3, 0.4) is 0 Å². The zero-order valence-electron chi connectivity index (χ0n) is 10.5. The first-order valence-corrected chi connectivity index (χ1v) is 7.74. The molecule has 0 spiro atoms. The van der Waals surface area contributed by atoms with Crippen LogP contribution in [0.1, 0.15) is 18.4 Å². The zero-order valence-corrected chi connectivity index (χ0v) is 13.6. The number of carbonyl (C=O) groups is 1. The number of carbonyl (C=O) groups excluding carboxylic acids is 1. The maximum Gasteiger partial charge on any atom is 0.141 e. The van der Waals surface area contributed by atoms with E-state index in [1.165, 1.54) is 0 Å². The Morgan fingerprint density at radius 3 is 2.30 bits per heavy atom. The lowest BCUT2D eigenvalue weighted by atomic mass is 9.96. The van der Waals surface area contributed by atoms with Crippen molar-refractivity contribution >= 4 is 45.4 Å². The molecule has 1 aromatic carbocycles. The second-order valence-electron chi connectivity index (χ2n) is 4.07. The van der Waals surface area contributed by atoms with Crippen molar-refractivity contribution in [2.24, 2.45) is 0 Å². The van der Waals surface area contributed by atoms with Crippen LogP contribution in [-0.2, 0) is 9.12 Å². The molecule has 1 aromatic rings. The van der Waals surface area contributed by atoms with Crippen LogP contribution >= 0.6 is 39.1 Å². The van der Waals surface area contributed by atoms with Gasteiger partial charge in [0.1, 0.15) is 28.0 Å². The lowest BCUT2D eigenvalue weighted by Crippen LogP contribution is -2.24. The predicted octanol–water partition coefficient (Wildman–Crippen LogP) is 4.39. The largest absolute Gasteiger partial charge is 0.493 e. The normalized spacial score (nSPS) is 13.8. The van der Waals surface area contributed by atoms with Gasteiger partial charge >= 0.3 is 0 Å². The Hall–Kier alpha value is -0.390. The molecule has 0 aliphatic heterocycles. The van der Waals surface area contributed by atoms with Crippen molar-refractivity contribution in [1.29, 1.82) is 0 Å². The van der Waals surface area contributed by atoms with Crippen molar-refractivity contribution in [3.05, 3.63) is 29.3 Å². The number of benzene rings is 1. The van der Waals surface area contributed by atoms with Gasteiger partial charge in [0.25, 0.3) is 0 Å². The quantitative estimate of drug-likeness (QED) is 0.374. The van der Waals surface area contributed by atoms with E-state index >= 15 is 0 Å². The average molecular weight is 390 g/mol. The molecule has 0 bridgehead atoms. The van der Waals surface area contributed by atoms with Crippen LogP contribution in [0, 0.1) is 11.6 Å². The van der Waals surface area contributed by atoms with Gasteiger partial charge in [0.05, 0.1) is 6.61 Å². The Balaban J connectivity index is 3.07. The minimum atomic E-state index is -1.47. The third kappa shape index (κ3) is 4.30. The zero-order chi connectivity index (χ0) is 15.2. The smallest absolute Gasteiger partial charge is 0.141 e. The van der Waals surface area contributed by atoms with Crippen LogP contribution in [0.2, 0.25) is 0 Å². The van der Waals surface area contributed by atoms with E-state index in [1.54, 1.807) is 0 Å². The Bertz CT molecular complexity index is 451. The summed E-state index contributed by atoms with van der Waals surface area (Å²) in [5.74, 6) is -1.19. The first-order valence-electron chi connectivity index (χ1n) is 5.88. The lowest BCUT2D eigenvalue weighted by Gasteiger charge is -2.22. The Kier molecular flexibility index (Phi) is 7.20. The molecule has 0 amide bonds. The number of aldehydes is 1. The molecule has 0 aromatic heterocycles. The van der Waals surface area contributed by atoms with Crippen molar-refractivity contribution in [2.45, 2.75) is 17.2 Å². The average Bonchev–Trinajstić information content (AvgIpc) is 2.38. The van der Waals surface area contributed by atoms with Crippen LogP contribution in [-0.4, -0.2) is 24.7 Å². The van der Waals surface area contributed by atoms with Crippen LogP contribution in [0.5, 0.6) is 5.75 Å². The number of hydrogen-bond donors (Lipinski definition) is 0. The predicted molar refractivity (Wildman–Crippen MR) is 79.2 cm³/mol. The van der Waals surface area contributed by atoms with Crippen LogP contribution in [0.4, 0.5) is 8.78 Å². The molecular formula is C13H13BrCl2F2O2. The maximum absolute atomic E-state index is 14.0. The van der Waals surface area contributed by atoms with Gasteiger partial charge in [-0.05, 0) is 12.8 Å². The minimum absolute atomic E-state index is 0.0560. The molecule has 2 nitrogen and oxygen atoms in total. The fourth-order valence-electron chi connectivity index (χ4n) is 1.66. The van der Waals surface area contributed by atoms with Crippen molar-refractivity contribution in [3.8, 4) is 5.75 Å². The number of hydrogen-bond acceptors (Lipinski definition) is 2. The summed E-state index contributed by atoms with van der Waals surface area (Å²) in [7, 11) is 0. The van der Waals surface area contributed by atoms with E-state index in [0.717, 1.165) is 12.1 Å². The fraction of sp³-hybridized carbons (Fsp3) is 0.462. The maximum atomic E-state index is 14.0. The van der Waals surface area contributed by atoms with E-state index in [4.69, 9.17) is 27.9 Å². The molecular weight excluding hydrogens is 377 g/mol. The molecule has 1 rings (SSSR count). The number of ether oxygens (including phenoxy) is 1. The van der Waals surface area contributed by atoms with Gasteiger partial charge in [0.15, 0.2) is 0 Å². The monoisotopic (exact) mass is 388 g/mol. The Morgan fingerprint density at radius 2 is 1.85 bits per heavy atom. The number of rotatable bonds is 8. The van der Waals surface area contributed by atoms with Gasteiger partial charge in [-0.25, -0.2) is 8.78 Å². The third-order valence-electron chi connectivity index (χ3n) is 2.62. The van der Waals surface area contributed by atoms with Crippen molar-refractivity contribution < 1.29 is 18.3 Å². The lowest BCUT2D eigenvalue weighted by molar-refractivity contribution is -0.110. The van der Waals surface area contributed by atoms with Gasteiger partial charge in [-0.3, -0.25) is 0 Å². The summed E-state index contributed by atoms with van der Waals surface area (Å²) < 4.78 is 31.8. The van der Waals surface area contributed by atoms with E-state index in [1.807, 2.05) is 0 Å². The molecule has 20 heavy (non-hydrogen) atoms. The molecule has 0 aliphatic carbocycles. The molecule has 0 saturated heterocycles. The summed E-state index contributed by atoms with van der Waals surface area (Å²) in [6.45, 7) is 0.260. The highest BCUT2D eigenvalue weighted by atomic mass is 79.9. The second kappa shape index (κ2) is 8.15. The molecule has 7 heteroatoms. The summed E-state index contributed by atoms with van der Waals surface area (Å²) in [6, 6.07) is 2.08. The van der Waals surface area contributed by atoms with Crippen LogP contribution in [0.25, 0.3) is 0 Å². The van der Waals surface area contributed by atoms with Gasteiger partial charge < -0.3 is 9.53 Å². The second-order valence-corrected chi connectivity index (χ2v) is 6.24. The molecule has 112 valence electrons. The molecule has 0 heterocycles.